The number of aromatic nitrogens is 2. The maximum absolute atomic E-state index is 13.1. The zero-order valence-corrected chi connectivity index (χ0v) is 18.9. The lowest BCUT2D eigenvalue weighted by atomic mass is 10.1. The van der Waals surface area contributed by atoms with Gasteiger partial charge in [0.1, 0.15) is 10.6 Å². The zero-order valence-electron chi connectivity index (χ0n) is 17.3. The Balaban J connectivity index is 1.63. The van der Waals surface area contributed by atoms with E-state index in [4.69, 9.17) is 4.18 Å². The predicted molar refractivity (Wildman–Crippen MR) is 126 cm³/mol. The highest BCUT2D eigenvalue weighted by Crippen LogP contribution is 2.25. The first-order valence-corrected chi connectivity index (χ1v) is 12.1. The molecule has 0 saturated carbocycles. The number of benzene rings is 3. The van der Waals surface area contributed by atoms with Crippen molar-refractivity contribution in [3.8, 4) is 5.75 Å². The molecule has 0 amide bonds. The van der Waals surface area contributed by atoms with E-state index in [0.29, 0.717) is 15.1 Å². The molecule has 32 heavy (non-hydrogen) atoms. The molecule has 3 aromatic carbocycles. The molecule has 0 aliphatic heterocycles. The molecule has 160 valence electrons. The highest BCUT2D eigenvalue weighted by molar-refractivity contribution is 7.87. The van der Waals surface area contributed by atoms with Gasteiger partial charge < -0.3 is 4.18 Å². The van der Waals surface area contributed by atoms with Gasteiger partial charge in [-0.25, -0.2) is 9.38 Å². The second-order valence-electron chi connectivity index (χ2n) is 7.53. The van der Waals surface area contributed by atoms with Crippen LogP contribution in [0.1, 0.15) is 16.7 Å². The van der Waals surface area contributed by atoms with Crippen molar-refractivity contribution in [3.63, 3.8) is 0 Å². The Morgan fingerprint density at radius 2 is 1.69 bits per heavy atom. The van der Waals surface area contributed by atoms with Crippen LogP contribution in [0.3, 0.4) is 0 Å². The van der Waals surface area contributed by atoms with E-state index < -0.39 is 10.1 Å². The molecule has 0 radical (unpaired) electrons. The Bertz CT molecular complexity index is 1700. The highest BCUT2D eigenvalue weighted by atomic mass is 32.2. The van der Waals surface area contributed by atoms with Gasteiger partial charge in [-0.2, -0.15) is 8.42 Å². The van der Waals surface area contributed by atoms with E-state index in [1.165, 1.54) is 23.5 Å². The van der Waals surface area contributed by atoms with Crippen molar-refractivity contribution in [1.82, 2.24) is 9.38 Å². The molecule has 5 rings (SSSR count). The number of imidazole rings is 1. The van der Waals surface area contributed by atoms with E-state index in [1.54, 1.807) is 40.8 Å². The zero-order chi connectivity index (χ0) is 22.5. The summed E-state index contributed by atoms with van der Waals surface area (Å²) in [6.45, 7) is 3.77. The van der Waals surface area contributed by atoms with Crippen LogP contribution < -0.4 is 14.3 Å². The molecule has 0 atom stereocenters. The summed E-state index contributed by atoms with van der Waals surface area (Å²) >= 11 is 1.25. The predicted octanol–water partition coefficient (Wildman–Crippen LogP) is 3.84. The van der Waals surface area contributed by atoms with Gasteiger partial charge in [-0.1, -0.05) is 52.8 Å². The smallest absolute Gasteiger partial charge is 0.339 e. The lowest BCUT2D eigenvalue weighted by Gasteiger charge is -2.10. The summed E-state index contributed by atoms with van der Waals surface area (Å²) < 4.78 is 33.1. The summed E-state index contributed by atoms with van der Waals surface area (Å²) in [5.41, 5.74) is 3.67. The van der Waals surface area contributed by atoms with Crippen molar-refractivity contribution in [2.45, 2.75) is 18.7 Å². The van der Waals surface area contributed by atoms with Gasteiger partial charge in [0.15, 0.2) is 4.96 Å². The molecule has 0 aliphatic carbocycles. The molecule has 8 heteroatoms. The van der Waals surface area contributed by atoms with Crippen LogP contribution in [0.15, 0.2) is 76.4 Å². The van der Waals surface area contributed by atoms with Crippen LogP contribution in [-0.4, -0.2) is 17.8 Å². The number of aryl methyl sites for hydroxylation is 2. The molecule has 0 aliphatic rings. The van der Waals surface area contributed by atoms with Crippen LogP contribution in [0, 0.1) is 13.8 Å². The van der Waals surface area contributed by atoms with E-state index in [2.05, 4.69) is 4.98 Å². The van der Waals surface area contributed by atoms with Gasteiger partial charge in [-0.3, -0.25) is 4.79 Å². The molecule has 5 aromatic rings. The topological polar surface area (TPSA) is 77.7 Å². The van der Waals surface area contributed by atoms with Crippen LogP contribution >= 0.6 is 11.3 Å². The largest absolute Gasteiger partial charge is 0.378 e. The van der Waals surface area contributed by atoms with Crippen LogP contribution in [0.4, 0.5) is 0 Å². The van der Waals surface area contributed by atoms with Gasteiger partial charge in [0.05, 0.1) is 15.6 Å². The van der Waals surface area contributed by atoms with Crippen molar-refractivity contribution in [2.24, 2.45) is 0 Å². The summed E-state index contributed by atoms with van der Waals surface area (Å²) in [6, 6.07) is 19.1. The third-order valence-corrected chi connectivity index (χ3v) is 7.32. The van der Waals surface area contributed by atoms with Crippen molar-refractivity contribution in [3.05, 3.63) is 98.3 Å². The number of hydrogen-bond donors (Lipinski definition) is 0. The maximum atomic E-state index is 13.1. The molecule has 0 spiro atoms. The minimum Gasteiger partial charge on any atom is -0.378 e. The second-order valence-corrected chi connectivity index (χ2v) is 10.1. The third kappa shape index (κ3) is 3.57. The third-order valence-electron chi connectivity index (χ3n) is 5.11. The lowest BCUT2D eigenvalue weighted by molar-refractivity contribution is 0.485. The molecule has 0 N–H and O–H groups in total. The van der Waals surface area contributed by atoms with Gasteiger partial charge in [0, 0.05) is 5.56 Å². The Labute approximate surface area is 188 Å². The maximum Gasteiger partial charge on any atom is 0.339 e. The quantitative estimate of drug-likeness (QED) is 0.379. The Morgan fingerprint density at radius 1 is 0.969 bits per heavy atom. The van der Waals surface area contributed by atoms with Crippen molar-refractivity contribution < 1.29 is 12.6 Å². The molecular weight excluding hydrogens is 444 g/mol. The van der Waals surface area contributed by atoms with Crippen LogP contribution in [0.5, 0.6) is 5.75 Å². The first-order valence-electron chi connectivity index (χ1n) is 9.85. The van der Waals surface area contributed by atoms with Gasteiger partial charge in [-0.15, -0.1) is 0 Å². The monoisotopic (exact) mass is 462 g/mol. The lowest BCUT2D eigenvalue weighted by Crippen LogP contribution is -2.22. The first kappa shape index (κ1) is 20.4. The van der Waals surface area contributed by atoms with E-state index in [9.17, 15) is 13.2 Å². The van der Waals surface area contributed by atoms with E-state index in [0.717, 1.165) is 22.2 Å². The summed E-state index contributed by atoms with van der Waals surface area (Å²) in [4.78, 5) is 18.3. The van der Waals surface area contributed by atoms with Crippen molar-refractivity contribution in [1.29, 1.82) is 0 Å². The molecule has 6 nitrogen and oxygen atoms in total. The minimum atomic E-state index is -4.02. The Kier molecular flexibility index (Phi) is 4.83. The van der Waals surface area contributed by atoms with Gasteiger partial charge in [0.25, 0.3) is 5.56 Å². The standard InChI is InChI=1S/C24H18N2O4S2/c1-15-7-10-18(11-8-15)32(28,29)30-21-12-9-16(2)13-17(21)14-22-23(27)26-20-6-4-3-5-19(20)25-24(26)31-22/h3-14H,1-2H3/b22-14-. The number of rotatable bonds is 4. The number of para-hydroxylation sites is 2. The molecular formula is C24H18N2O4S2. The van der Waals surface area contributed by atoms with Gasteiger partial charge in [-0.05, 0) is 56.3 Å². The fourth-order valence-electron chi connectivity index (χ4n) is 3.48. The van der Waals surface area contributed by atoms with Gasteiger partial charge >= 0.3 is 10.1 Å². The van der Waals surface area contributed by atoms with Crippen molar-refractivity contribution in [2.75, 3.05) is 0 Å². The Morgan fingerprint density at radius 3 is 2.47 bits per heavy atom. The summed E-state index contributed by atoms with van der Waals surface area (Å²) in [5.74, 6) is 0.159. The normalized spacial score (nSPS) is 12.6. The van der Waals surface area contributed by atoms with Crippen LogP contribution in [-0.2, 0) is 10.1 Å². The van der Waals surface area contributed by atoms with E-state index >= 15 is 0 Å². The summed E-state index contributed by atoms with van der Waals surface area (Å²) in [7, 11) is -4.02. The molecule has 0 saturated heterocycles. The van der Waals surface area contributed by atoms with Crippen LogP contribution in [0.2, 0.25) is 0 Å². The average molecular weight is 463 g/mol. The number of hydrogen-bond acceptors (Lipinski definition) is 6. The molecule has 0 bridgehead atoms. The van der Waals surface area contributed by atoms with E-state index in [1.807, 2.05) is 38.1 Å². The van der Waals surface area contributed by atoms with E-state index in [-0.39, 0.29) is 16.2 Å². The minimum absolute atomic E-state index is 0.0696. The average Bonchev–Trinajstić information content (AvgIpc) is 3.26. The molecule has 0 fully saturated rings. The molecule has 0 unspecified atom stereocenters. The van der Waals surface area contributed by atoms with Gasteiger partial charge in [0.2, 0.25) is 0 Å². The summed E-state index contributed by atoms with van der Waals surface area (Å²) in [5, 5.41) is 0. The molecule has 2 heterocycles. The number of thiazole rings is 1. The van der Waals surface area contributed by atoms with Crippen LogP contribution in [0.25, 0.3) is 22.1 Å². The Hall–Kier alpha value is -3.49. The fourth-order valence-corrected chi connectivity index (χ4v) is 5.41. The fraction of sp³-hybridized carbons (Fsp3) is 0.0833. The number of fused-ring (bicyclic) bond motifs is 3. The van der Waals surface area contributed by atoms with Crippen molar-refractivity contribution >= 4 is 43.5 Å². The summed E-state index contributed by atoms with van der Waals surface area (Å²) in [6.07, 6.45) is 1.66. The number of nitrogens with zero attached hydrogens (tertiary/aromatic N) is 2. The first-order chi connectivity index (χ1) is 15.3. The SMILES string of the molecule is Cc1ccc(S(=O)(=O)Oc2ccc(C)cc2/C=c2\sc3nc4ccccc4n3c2=O)cc1. The molecule has 2 aromatic heterocycles. The highest BCUT2D eigenvalue weighted by Gasteiger charge is 2.18. The second kappa shape index (κ2) is 7.58.